The number of hydrogen-bond donors (Lipinski definition) is 1. The highest BCUT2D eigenvalue weighted by molar-refractivity contribution is 7.91. The van der Waals surface area contributed by atoms with Crippen LogP contribution in [0.2, 0.25) is 0 Å². The second-order valence-electron chi connectivity index (χ2n) is 6.59. The molecular formula is C16H24FNO2S. The van der Waals surface area contributed by atoms with Crippen molar-refractivity contribution in [2.75, 3.05) is 6.26 Å². The maximum absolute atomic E-state index is 13.8. The van der Waals surface area contributed by atoms with Gasteiger partial charge in [-0.2, -0.15) is 0 Å². The fraction of sp³-hybridized carbons (Fsp3) is 0.625. The SMILES string of the molecule is CC(N)(Cc1ccccc1F)C1CCCC(S(C)(=O)=O)C1. The molecule has 5 heteroatoms. The topological polar surface area (TPSA) is 60.2 Å². The minimum Gasteiger partial charge on any atom is -0.325 e. The first-order valence-corrected chi connectivity index (χ1v) is 9.37. The maximum atomic E-state index is 13.8. The minimum absolute atomic E-state index is 0.102. The van der Waals surface area contributed by atoms with E-state index in [9.17, 15) is 12.8 Å². The van der Waals surface area contributed by atoms with Crippen LogP contribution in [0.15, 0.2) is 24.3 Å². The van der Waals surface area contributed by atoms with Gasteiger partial charge >= 0.3 is 0 Å². The van der Waals surface area contributed by atoms with Gasteiger partial charge in [-0.3, -0.25) is 0 Å². The molecule has 0 saturated heterocycles. The van der Waals surface area contributed by atoms with Gasteiger partial charge in [-0.05, 0) is 50.2 Å². The summed E-state index contributed by atoms with van der Waals surface area (Å²) in [6.45, 7) is 1.91. The summed E-state index contributed by atoms with van der Waals surface area (Å²) in [5.74, 6) is -0.143. The van der Waals surface area contributed by atoms with Gasteiger partial charge in [-0.1, -0.05) is 24.6 Å². The molecule has 1 aromatic carbocycles. The van der Waals surface area contributed by atoms with Gasteiger partial charge in [0.2, 0.25) is 0 Å². The predicted molar refractivity (Wildman–Crippen MR) is 83.3 cm³/mol. The summed E-state index contributed by atoms with van der Waals surface area (Å²) in [6.07, 6.45) is 4.80. The van der Waals surface area contributed by atoms with E-state index in [1.807, 2.05) is 6.92 Å². The molecule has 2 rings (SSSR count). The van der Waals surface area contributed by atoms with E-state index in [1.165, 1.54) is 12.3 Å². The van der Waals surface area contributed by atoms with E-state index in [2.05, 4.69) is 0 Å². The molecule has 0 aromatic heterocycles. The van der Waals surface area contributed by atoms with Gasteiger partial charge in [0.05, 0.1) is 5.25 Å². The highest BCUT2D eigenvalue weighted by Crippen LogP contribution is 2.36. The van der Waals surface area contributed by atoms with Crippen LogP contribution in [0.3, 0.4) is 0 Å². The molecule has 21 heavy (non-hydrogen) atoms. The lowest BCUT2D eigenvalue weighted by atomic mass is 9.73. The van der Waals surface area contributed by atoms with Crippen LogP contribution in [-0.2, 0) is 16.3 Å². The van der Waals surface area contributed by atoms with Gasteiger partial charge < -0.3 is 5.73 Å². The summed E-state index contributed by atoms with van der Waals surface area (Å²) in [6, 6.07) is 6.64. The van der Waals surface area contributed by atoms with E-state index in [0.29, 0.717) is 24.8 Å². The quantitative estimate of drug-likeness (QED) is 0.929. The zero-order valence-corrected chi connectivity index (χ0v) is 13.5. The van der Waals surface area contributed by atoms with Crippen molar-refractivity contribution in [2.45, 2.75) is 49.8 Å². The maximum Gasteiger partial charge on any atom is 0.150 e. The van der Waals surface area contributed by atoms with Crippen molar-refractivity contribution in [3.8, 4) is 0 Å². The first-order chi connectivity index (χ1) is 9.70. The van der Waals surface area contributed by atoms with Crippen molar-refractivity contribution >= 4 is 9.84 Å². The second-order valence-corrected chi connectivity index (χ2v) is 8.91. The lowest BCUT2D eigenvalue weighted by molar-refractivity contribution is 0.221. The summed E-state index contributed by atoms with van der Waals surface area (Å²) in [7, 11) is -3.03. The smallest absolute Gasteiger partial charge is 0.150 e. The Morgan fingerprint density at radius 1 is 1.33 bits per heavy atom. The molecule has 1 aliphatic carbocycles. The van der Waals surface area contributed by atoms with Crippen LogP contribution in [-0.4, -0.2) is 25.5 Å². The van der Waals surface area contributed by atoms with Crippen LogP contribution in [0.5, 0.6) is 0 Å². The standard InChI is InChI=1S/C16H24FNO2S/c1-16(18,11-12-6-3-4-9-15(12)17)13-7-5-8-14(10-13)21(2,19)20/h3-4,6,9,13-14H,5,7-8,10-11,18H2,1-2H3. The molecule has 1 saturated carbocycles. The Kier molecular flexibility index (Phi) is 4.73. The van der Waals surface area contributed by atoms with Crippen molar-refractivity contribution in [3.63, 3.8) is 0 Å². The van der Waals surface area contributed by atoms with Gasteiger partial charge in [-0.25, -0.2) is 12.8 Å². The molecular weight excluding hydrogens is 289 g/mol. The molecule has 1 aromatic rings. The average molecular weight is 313 g/mol. The highest BCUT2D eigenvalue weighted by Gasteiger charge is 2.37. The first kappa shape index (κ1) is 16.4. The Bertz CT molecular complexity index is 598. The lowest BCUT2D eigenvalue weighted by Gasteiger charge is -2.39. The third kappa shape index (κ3) is 4.04. The third-order valence-corrected chi connectivity index (χ3v) is 6.33. The summed E-state index contributed by atoms with van der Waals surface area (Å²) in [4.78, 5) is 0. The van der Waals surface area contributed by atoms with E-state index in [-0.39, 0.29) is 17.0 Å². The minimum atomic E-state index is -3.03. The van der Waals surface area contributed by atoms with Crippen molar-refractivity contribution in [1.82, 2.24) is 0 Å². The lowest BCUT2D eigenvalue weighted by Crippen LogP contribution is -2.49. The number of hydrogen-bond acceptors (Lipinski definition) is 3. The molecule has 0 radical (unpaired) electrons. The summed E-state index contributed by atoms with van der Waals surface area (Å²) < 4.78 is 37.3. The van der Waals surface area contributed by atoms with Gasteiger partial charge in [0.25, 0.3) is 0 Å². The second kappa shape index (κ2) is 6.05. The number of nitrogens with two attached hydrogens (primary N) is 1. The first-order valence-electron chi connectivity index (χ1n) is 7.41. The Hall–Kier alpha value is -0.940. The largest absolute Gasteiger partial charge is 0.325 e. The summed E-state index contributed by atoms with van der Waals surface area (Å²) in [5, 5.41) is -0.306. The molecule has 3 atom stereocenters. The fourth-order valence-electron chi connectivity index (χ4n) is 3.33. The van der Waals surface area contributed by atoms with Crippen LogP contribution in [0.1, 0.15) is 38.2 Å². The molecule has 1 aliphatic rings. The molecule has 3 nitrogen and oxygen atoms in total. The fourth-order valence-corrected chi connectivity index (χ4v) is 4.51. The summed E-state index contributed by atoms with van der Waals surface area (Å²) >= 11 is 0. The monoisotopic (exact) mass is 313 g/mol. The molecule has 0 aliphatic heterocycles. The molecule has 1 fully saturated rings. The molecule has 0 amide bonds. The van der Waals surface area contributed by atoms with Crippen LogP contribution >= 0.6 is 0 Å². The number of benzene rings is 1. The summed E-state index contributed by atoms with van der Waals surface area (Å²) in [5.41, 5.74) is 6.45. The van der Waals surface area contributed by atoms with Gasteiger partial charge in [0.1, 0.15) is 15.7 Å². The van der Waals surface area contributed by atoms with Crippen molar-refractivity contribution in [1.29, 1.82) is 0 Å². The Balaban J connectivity index is 2.14. The van der Waals surface area contributed by atoms with Crippen molar-refractivity contribution in [3.05, 3.63) is 35.6 Å². The van der Waals surface area contributed by atoms with Gasteiger partial charge in [0.15, 0.2) is 0 Å². The predicted octanol–water partition coefficient (Wildman–Crippen LogP) is 2.69. The van der Waals surface area contributed by atoms with Crippen molar-refractivity contribution < 1.29 is 12.8 Å². The normalized spacial score (nSPS) is 26.3. The molecule has 0 spiro atoms. The van der Waals surface area contributed by atoms with Crippen LogP contribution in [0.25, 0.3) is 0 Å². The van der Waals surface area contributed by atoms with E-state index in [0.717, 1.165) is 12.8 Å². The van der Waals surface area contributed by atoms with E-state index < -0.39 is 15.4 Å². The van der Waals surface area contributed by atoms with Gasteiger partial charge in [-0.15, -0.1) is 0 Å². The Labute approximate surface area is 126 Å². The number of sulfone groups is 1. The van der Waals surface area contributed by atoms with Crippen LogP contribution in [0.4, 0.5) is 4.39 Å². The molecule has 0 heterocycles. The third-order valence-electron chi connectivity index (χ3n) is 4.69. The Morgan fingerprint density at radius 3 is 2.62 bits per heavy atom. The number of rotatable bonds is 4. The van der Waals surface area contributed by atoms with E-state index in [1.54, 1.807) is 18.2 Å². The highest BCUT2D eigenvalue weighted by atomic mass is 32.2. The van der Waals surface area contributed by atoms with Crippen LogP contribution < -0.4 is 5.73 Å². The molecule has 3 unspecified atom stereocenters. The zero-order valence-electron chi connectivity index (χ0n) is 12.7. The average Bonchev–Trinajstić information content (AvgIpc) is 2.40. The zero-order chi connectivity index (χ0) is 15.7. The Morgan fingerprint density at radius 2 is 2.00 bits per heavy atom. The molecule has 0 bridgehead atoms. The van der Waals surface area contributed by atoms with Gasteiger partial charge in [0, 0.05) is 11.8 Å². The number of halogens is 1. The van der Waals surface area contributed by atoms with E-state index >= 15 is 0 Å². The van der Waals surface area contributed by atoms with E-state index in [4.69, 9.17) is 5.73 Å². The molecule has 118 valence electrons. The molecule has 2 N–H and O–H groups in total. The van der Waals surface area contributed by atoms with Crippen LogP contribution in [0, 0.1) is 11.7 Å². The van der Waals surface area contributed by atoms with Crippen molar-refractivity contribution in [2.24, 2.45) is 11.7 Å².